The van der Waals surface area contributed by atoms with Crippen LogP contribution >= 0.6 is 0 Å². The first-order valence-corrected chi connectivity index (χ1v) is 8.35. The Morgan fingerprint density at radius 3 is 2.33 bits per heavy atom. The molecule has 0 bridgehead atoms. The van der Waals surface area contributed by atoms with Gasteiger partial charge in [0.25, 0.3) is 0 Å². The maximum atomic E-state index is 12.0. The van der Waals surface area contributed by atoms with Gasteiger partial charge in [-0.3, -0.25) is 4.79 Å². The highest BCUT2D eigenvalue weighted by molar-refractivity contribution is 5.91. The maximum Gasteiger partial charge on any atom is 0.244 e. The highest BCUT2D eigenvalue weighted by atomic mass is 16.1. The minimum atomic E-state index is -0.0748. The summed E-state index contributed by atoms with van der Waals surface area (Å²) in [5, 5.41) is 2.96. The zero-order valence-corrected chi connectivity index (χ0v) is 14.8. The van der Waals surface area contributed by atoms with Crippen LogP contribution in [0.25, 0.3) is 6.08 Å². The highest BCUT2D eigenvalue weighted by Crippen LogP contribution is 2.10. The van der Waals surface area contributed by atoms with Crippen LogP contribution < -0.4 is 5.32 Å². The average Bonchev–Trinajstić information content (AvgIpc) is 2.59. The van der Waals surface area contributed by atoms with E-state index in [1.807, 2.05) is 44.4 Å². The molecule has 0 heterocycles. The third-order valence-corrected chi connectivity index (χ3v) is 3.87. The van der Waals surface area contributed by atoms with Crippen molar-refractivity contribution in [2.75, 3.05) is 14.1 Å². The summed E-state index contributed by atoms with van der Waals surface area (Å²) in [6.45, 7) is 3.54. The molecule has 3 nitrogen and oxygen atoms in total. The van der Waals surface area contributed by atoms with E-state index in [0.717, 1.165) is 24.1 Å². The molecule has 0 saturated carbocycles. The molecule has 1 amide bonds. The fourth-order valence-electron chi connectivity index (χ4n) is 2.50. The molecule has 126 valence electrons. The minimum absolute atomic E-state index is 0.0748. The third-order valence-electron chi connectivity index (χ3n) is 3.87. The van der Waals surface area contributed by atoms with Crippen LogP contribution in [-0.2, 0) is 24.3 Å². The fourth-order valence-corrected chi connectivity index (χ4v) is 2.50. The summed E-state index contributed by atoms with van der Waals surface area (Å²) >= 11 is 0. The first-order chi connectivity index (χ1) is 11.6. The molecule has 0 fully saturated rings. The van der Waals surface area contributed by atoms with Crippen molar-refractivity contribution in [1.82, 2.24) is 10.2 Å². The van der Waals surface area contributed by atoms with E-state index in [9.17, 15) is 4.79 Å². The van der Waals surface area contributed by atoms with E-state index in [2.05, 4.69) is 41.4 Å². The van der Waals surface area contributed by atoms with Gasteiger partial charge in [0.15, 0.2) is 0 Å². The molecule has 3 heteroatoms. The van der Waals surface area contributed by atoms with Crippen LogP contribution in [0.1, 0.15) is 29.2 Å². The smallest absolute Gasteiger partial charge is 0.244 e. The maximum absolute atomic E-state index is 12.0. The number of nitrogens with one attached hydrogen (secondary N) is 1. The monoisotopic (exact) mass is 322 g/mol. The summed E-state index contributed by atoms with van der Waals surface area (Å²) in [5.74, 6) is -0.0748. The number of amides is 1. The van der Waals surface area contributed by atoms with Gasteiger partial charge >= 0.3 is 0 Å². The second-order valence-electron chi connectivity index (χ2n) is 6.15. The van der Waals surface area contributed by atoms with Crippen LogP contribution in [0.15, 0.2) is 54.6 Å². The second-order valence-corrected chi connectivity index (χ2v) is 6.15. The van der Waals surface area contributed by atoms with Crippen molar-refractivity contribution >= 4 is 12.0 Å². The number of hydrogen-bond donors (Lipinski definition) is 1. The average molecular weight is 322 g/mol. The van der Waals surface area contributed by atoms with Gasteiger partial charge in [-0.1, -0.05) is 55.5 Å². The normalized spacial score (nSPS) is 11.2. The SMILES string of the molecule is CCc1ccc(/C=C/C(=O)NCc2ccccc2CN(C)C)cc1. The Balaban J connectivity index is 1.92. The molecular weight excluding hydrogens is 296 g/mol. The van der Waals surface area contributed by atoms with Crippen LogP contribution in [0.4, 0.5) is 0 Å². The zero-order chi connectivity index (χ0) is 17.4. The van der Waals surface area contributed by atoms with Gasteiger partial charge in [-0.05, 0) is 48.8 Å². The number of hydrogen-bond acceptors (Lipinski definition) is 2. The number of rotatable bonds is 7. The molecule has 0 radical (unpaired) electrons. The third kappa shape index (κ3) is 5.67. The van der Waals surface area contributed by atoms with E-state index in [1.165, 1.54) is 11.1 Å². The lowest BCUT2D eigenvalue weighted by Crippen LogP contribution is -2.22. The second kappa shape index (κ2) is 9.04. The number of carbonyl (C=O) groups is 1. The Kier molecular flexibility index (Phi) is 6.76. The van der Waals surface area contributed by atoms with E-state index in [4.69, 9.17) is 0 Å². The quantitative estimate of drug-likeness (QED) is 0.789. The Labute approximate surface area is 145 Å². The predicted octanol–water partition coefficient (Wildman–Crippen LogP) is 3.64. The largest absolute Gasteiger partial charge is 0.348 e. The molecule has 0 atom stereocenters. The van der Waals surface area contributed by atoms with Gasteiger partial charge in [0.05, 0.1) is 0 Å². The summed E-state index contributed by atoms with van der Waals surface area (Å²) < 4.78 is 0. The Morgan fingerprint density at radius 1 is 1.04 bits per heavy atom. The standard InChI is InChI=1S/C21H26N2O/c1-4-17-9-11-18(12-10-17)13-14-21(24)22-15-19-7-5-6-8-20(19)16-23(2)3/h5-14H,4,15-16H2,1-3H3,(H,22,24)/b14-13+. The van der Waals surface area contributed by atoms with Crippen molar-refractivity contribution in [3.05, 3.63) is 76.9 Å². The molecule has 0 saturated heterocycles. The van der Waals surface area contributed by atoms with Crippen LogP contribution in [-0.4, -0.2) is 24.9 Å². The van der Waals surface area contributed by atoms with Crippen LogP contribution in [0.2, 0.25) is 0 Å². The van der Waals surface area contributed by atoms with Gasteiger partial charge in [0, 0.05) is 19.2 Å². The van der Waals surface area contributed by atoms with E-state index in [-0.39, 0.29) is 5.91 Å². The Morgan fingerprint density at radius 2 is 1.71 bits per heavy atom. The van der Waals surface area contributed by atoms with Crippen molar-refractivity contribution in [2.24, 2.45) is 0 Å². The first kappa shape index (κ1) is 18.0. The summed E-state index contributed by atoms with van der Waals surface area (Å²) in [5.41, 5.74) is 4.73. The van der Waals surface area contributed by atoms with Crippen molar-refractivity contribution in [1.29, 1.82) is 0 Å². The van der Waals surface area contributed by atoms with Gasteiger partial charge < -0.3 is 10.2 Å². The molecule has 24 heavy (non-hydrogen) atoms. The lowest BCUT2D eigenvalue weighted by molar-refractivity contribution is -0.116. The summed E-state index contributed by atoms with van der Waals surface area (Å²) in [6, 6.07) is 16.5. The van der Waals surface area contributed by atoms with E-state index in [1.54, 1.807) is 6.08 Å². The zero-order valence-electron chi connectivity index (χ0n) is 14.8. The van der Waals surface area contributed by atoms with Crippen molar-refractivity contribution in [3.63, 3.8) is 0 Å². The lowest BCUT2D eigenvalue weighted by Gasteiger charge is -2.14. The van der Waals surface area contributed by atoms with Crippen molar-refractivity contribution < 1.29 is 4.79 Å². The van der Waals surface area contributed by atoms with Gasteiger partial charge in [-0.25, -0.2) is 0 Å². The van der Waals surface area contributed by atoms with E-state index in [0.29, 0.717) is 6.54 Å². The number of aryl methyl sites for hydroxylation is 1. The number of benzene rings is 2. The van der Waals surface area contributed by atoms with Gasteiger partial charge in [-0.2, -0.15) is 0 Å². The Hall–Kier alpha value is -2.39. The lowest BCUT2D eigenvalue weighted by atomic mass is 10.1. The summed E-state index contributed by atoms with van der Waals surface area (Å²) in [6.07, 6.45) is 4.47. The number of carbonyl (C=O) groups excluding carboxylic acids is 1. The number of nitrogens with zero attached hydrogens (tertiary/aromatic N) is 1. The molecular formula is C21H26N2O. The minimum Gasteiger partial charge on any atom is -0.348 e. The summed E-state index contributed by atoms with van der Waals surface area (Å²) in [7, 11) is 4.09. The molecule has 0 spiro atoms. The van der Waals surface area contributed by atoms with Gasteiger partial charge in [-0.15, -0.1) is 0 Å². The molecule has 0 aliphatic heterocycles. The molecule has 0 aliphatic rings. The van der Waals surface area contributed by atoms with Crippen molar-refractivity contribution in [3.8, 4) is 0 Å². The molecule has 0 aromatic heterocycles. The molecule has 2 rings (SSSR count). The van der Waals surface area contributed by atoms with Gasteiger partial charge in [0.1, 0.15) is 0 Å². The highest BCUT2D eigenvalue weighted by Gasteiger charge is 2.04. The van der Waals surface area contributed by atoms with E-state index >= 15 is 0 Å². The molecule has 2 aromatic carbocycles. The Bertz CT molecular complexity index is 687. The molecule has 0 unspecified atom stereocenters. The predicted molar refractivity (Wildman–Crippen MR) is 101 cm³/mol. The topological polar surface area (TPSA) is 32.3 Å². The van der Waals surface area contributed by atoms with Gasteiger partial charge in [0.2, 0.25) is 5.91 Å². The molecule has 1 N–H and O–H groups in total. The van der Waals surface area contributed by atoms with Crippen LogP contribution in [0.3, 0.4) is 0 Å². The fraction of sp³-hybridized carbons (Fsp3) is 0.286. The molecule has 2 aromatic rings. The first-order valence-electron chi connectivity index (χ1n) is 8.35. The van der Waals surface area contributed by atoms with E-state index < -0.39 is 0 Å². The van der Waals surface area contributed by atoms with Crippen LogP contribution in [0.5, 0.6) is 0 Å². The summed E-state index contributed by atoms with van der Waals surface area (Å²) in [4.78, 5) is 14.2. The van der Waals surface area contributed by atoms with Crippen LogP contribution in [0, 0.1) is 0 Å². The molecule has 0 aliphatic carbocycles. The van der Waals surface area contributed by atoms with Crippen molar-refractivity contribution in [2.45, 2.75) is 26.4 Å².